The van der Waals surface area contributed by atoms with E-state index in [0.717, 1.165) is 32.1 Å². The van der Waals surface area contributed by atoms with Crippen molar-refractivity contribution in [3.63, 3.8) is 0 Å². The number of unbranched alkanes of at least 4 members (excludes halogenated alkanes) is 3. The summed E-state index contributed by atoms with van der Waals surface area (Å²) in [4.78, 5) is 11.2. The van der Waals surface area contributed by atoms with Crippen molar-refractivity contribution in [2.75, 3.05) is 32.1 Å². The van der Waals surface area contributed by atoms with Crippen LogP contribution < -0.4 is 14.8 Å². The smallest absolute Gasteiger partial charge is 0.319 e. The van der Waals surface area contributed by atoms with Crippen molar-refractivity contribution >= 4 is 16.0 Å². The Bertz CT molecular complexity index is 799. The van der Waals surface area contributed by atoms with Crippen molar-refractivity contribution in [2.45, 2.75) is 58.4 Å². The first-order chi connectivity index (χ1) is 14.8. The van der Waals surface area contributed by atoms with Crippen molar-refractivity contribution in [2.24, 2.45) is 5.92 Å². The highest BCUT2D eigenvalue weighted by atomic mass is 32.2. The average molecular weight is 459 g/mol. The van der Waals surface area contributed by atoms with Crippen LogP contribution in [0.4, 0.5) is 4.39 Å². The first kappa shape index (κ1) is 25.5. The monoisotopic (exact) mass is 458 g/mol. The number of hydrogen-bond acceptors (Lipinski definition) is 6. The maximum absolute atomic E-state index is 13.9. The Balaban J connectivity index is 1.66. The van der Waals surface area contributed by atoms with E-state index in [0.29, 0.717) is 37.7 Å². The Labute approximate surface area is 185 Å². The van der Waals surface area contributed by atoms with E-state index < -0.39 is 21.9 Å². The molecule has 0 aliphatic heterocycles. The molecule has 0 heterocycles. The van der Waals surface area contributed by atoms with Crippen LogP contribution in [0.3, 0.4) is 0 Å². The van der Waals surface area contributed by atoms with E-state index in [1.54, 1.807) is 26.0 Å². The number of nitrogens with one attached hydrogen (secondary N) is 2. The van der Waals surface area contributed by atoms with E-state index in [1.807, 2.05) is 0 Å². The molecule has 0 saturated heterocycles. The van der Waals surface area contributed by atoms with Crippen LogP contribution in [0, 0.1) is 11.7 Å². The van der Waals surface area contributed by atoms with Crippen LogP contribution >= 0.6 is 0 Å². The number of carbonyl (C=O) groups excluding carboxylic acids is 1. The lowest BCUT2D eigenvalue weighted by Gasteiger charge is -2.16. The number of hydrogen-bond donors (Lipinski definition) is 2. The molecule has 7 nitrogen and oxygen atoms in total. The molecule has 1 aromatic rings. The molecular formula is C22H35FN2O5S. The van der Waals surface area contributed by atoms with E-state index in [4.69, 9.17) is 9.47 Å². The highest BCUT2D eigenvalue weighted by Gasteiger charge is 2.23. The Morgan fingerprint density at radius 3 is 2.68 bits per heavy atom. The predicted molar refractivity (Wildman–Crippen MR) is 118 cm³/mol. The molecule has 0 bridgehead atoms. The van der Waals surface area contributed by atoms with Crippen molar-refractivity contribution in [3.05, 3.63) is 29.6 Å². The maximum atomic E-state index is 13.9. The van der Waals surface area contributed by atoms with Gasteiger partial charge in [-0.1, -0.05) is 18.9 Å². The van der Waals surface area contributed by atoms with Gasteiger partial charge in [0, 0.05) is 6.04 Å². The molecule has 2 N–H and O–H groups in total. The molecule has 1 saturated carbocycles. The fourth-order valence-electron chi connectivity index (χ4n) is 3.09. The molecule has 1 aliphatic rings. The molecule has 2 rings (SSSR count). The van der Waals surface area contributed by atoms with Crippen LogP contribution in [0.15, 0.2) is 18.2 Å². The Kier molecular flexibility index (Phi) is 10.7. The molecule has 0 unspecified atom stereocenters. The normalized spacial score (nSPS) is 14.9. The van der Waals surface area contributed by atoms with Crippen molar-refractivity contribution in [1.29, 1.82) is 0 Å². The van der Waals surface area contributed by atoms with Crippen molar-refractivity contribution in [3.8, 4) is 5.75 Å². The summed E-state index contributed by atoms with van der Waals surface area (Å²) in [6.07, 6.45) is 5.30. The summed E-state index contributed by atoms with van der Waals surface area (Å²) in [5.74, 6) is 0.0203. The summed E-state index contributed by atoms with van der Waals surface area (Å²) in [6, 6.07) is 4.00. The van der Waals surface area contributed by atoms with E-state index >= 15 is 0 Å². The highest BCUT2D eigenvalue weighted by molar-refractivity contribution is 7.89. The van der Waals surface area contributed by atoms with Crippen LogP contribution in [0.5, 0.6) is 5.75 Å². The minimum absolute atomic E-state index is 0.0415. The molecule has 9 heteroatoms. The van der Waals surface area contributed by atoms with Gasteiger partial charge in [0.25, 0.3) is 0 Å². The van der Waals surface area contributed by atoms with Gasteiger partial charge in [0.15, 0.2) is 11.6 Å². The van der Waals surface area contributed by atoms with Gasteiger partial charge >= 0.3 is 5.97 Å². The van der Waals surface area contributed by atoms with Gasteiger partial charge in [-0.2, -0.15) is 0 Å². The number of benzene rings is 1. The van der Waals surface area contributed by atoms with Gasteiger partial charge in [0.1, 0.15) is 0 Å². The average Bonchev–Trinajstić information content (AvgIpc) is 3.53. The molecule has 1 atom stereocenters. The SMILES string of the molecule is CCOC(=O)CNCCCCCCS(=O)(=O)N[C@H](C)c1ccc(F)c(OCC2CC2)c1. The summed E-state index contributed by atoms with van der Waals surface area (Å²) < 4.78 is 51.7. The summed E-state index contributed by atoms with van der Waals surface area (Å²) in [5, 5.41) is 3.01. The van der Waals surface area contributed by atoms with Gasteiger partial charge in [-0.25, -0.2) is 17.5 Å². The predicted octanol–water partition coefficient (Wildman–Crippen LogP) is 3.31. The van der Waals surface area contributed by atoms with Gasteiger partial charge in [0.2, 0.25) is 10.0 Å². The van der Waals surface area contributed by atoms with E-state index in [9.17, 15) is 17.6 Å². The third-order valence-corrected chi connectivity index (χ3v) is 6.61. The van der Waals surface area contributed by atoms with Gasteiger partial charge in [-0.15, -0.1) is 0 Å². The molecule has 1 aliphatic carbocycles. The number of sulfonamides is 1. The van der Waals surface area contributed by atoms with E-state index in [1.165, 1.54) is 6.07 Å². The zero-order valence-corrected chi connectivity index (χ0v) is 19.3. The van der Waals surface area contributed by atoms with Gasteiger partial charge in [0.05, 0.1) is 25.5 Å². The zero-order chi connectivity index (χ0) is 22.7. The minimum atomic E-state index is -3.44. The fourth-order valence-corrected chi connectivity index (χ4v) is 4.46. The summed E-state index contributed by atoms with van der Waals surface area (Å²) >= 11 is 0. The molecular weight excluding hydrogens is 423 g/mol. The number of carbonyl (C=O) groups is 1. The Morgan fingerprint density at radius 1 is 1.23 bits per heavy atom. The summed E-state index contributed by atoms with van der Waals surface area (Å²) in [5.41, 5.74) is 0.670. The van der Waals surface area contributed by atoms with Gasteiger partial charge < -0.3 is 14.8 Å². The second-order valence-electron chi connectivity index (χ2n) is 8.00. The topological polar surface area (TPSA) is 93.7 Å². The van der Waals surface area contributed by atoms with Gasteiger partial charge in [-0.3, -0.25) is 4.79 Å². The first-order valence-corrected chi connectivity index (χ1v) is 12.7. The lowest BCUT2D eigenvalue weighted by molar-refractivity contribution is -0.141. The molecule has 176 valence electrons. The number of esters is 1. The molecule has 0 aromatic heterocycles. The second-order valence-corrected chi connectivity index (χ2v) is 9.87. The van der Waals surface area contributed by atoms with E-state index in [-0.39, 0.29) is 24.0 Å². The second kappa shape index (κ2) is 13.0. The first-order valence-electron chi connectivity index (χ1n) is 11.1. The molecule has 0 radical (unpaired) electrons. The highest BCUT2D eigenvalue weighted by Crippen LogP contribution is 2.31. The van der Waals surface area contributed by atoms with Crippen LogP contribution in [0.1, 0.15) is 64.0 Å². The van der Waals surface area contributed by atoms with Crippen LogP contribution in [-0.4, -0.2) is 46.4 Å². The Hall–Kier alpha value is -1.71. The van der Waals surface area contributed by atoms with E-state index in [2.05, 4.69) is 10.0 Å². The van der Waals surface area contributed by atoms with Crippen LogP contribution in [0.25, 0.3) is 0 Å². The molecule has 1 fully saturated rings. The molecule has 0 spiro atoms. The largest absolute Gasteiger partial charge is 0.490 e. The van der Waals surface area contributed by atoms with Crippen LogP contribution in [0.2, 0.25) is 0 Å². The third-order valence-electron chi connectivity index (χ3n) is 5.07. The molecule has 1 aromatic carbocycles. The Morgan fingerprint density at radius 2 is 1.97 bits per heavy atom. The lowest BCUT2D eigenvalue weighted by Crippen LogP contribution is -2.29. The molecule has 31 heavy (non-hydrogen) atoms. The van der Waals surface area contributed by atoms with Gasteiger partial charge in [-0.05, 0) is 69.7 Å². The fraction of sp³-hybridized carbons (Fsp3) is 0.682. The van der Waals surface area contributed by atoms with Crippen molar-refractivity contribution in [1.82, 2.24) is 10.0 Å². The summed E-state index contributed by atoms with van der Waals surface area (Å²) in [7, 11) is -3.44. The number of ether oxygens (including phenoxy) is 2. The number of rotatable bonds is 16. The lowest BCUT2D eigenvalue weighted by atomic mass is 10.1. The van der Waals surface area contributed by atoms with Crippen LogP contribution in [-0.2, 0) is 19.6 Å². The zero-order valence-electron chi connectivity index (χ0n) is 18.5. The minimum Gasteiger partial charge on any atom is -0.490 e. The van der Waals surface area contributed by atoms with Crippen molar-refractivity contribution < 1.29 is 27.1 Å². The number of halogens is 1. The third kappa shape index (κ3) is 10.4. The summed E-state index contributed by atoms with van der Waals surface area (Å²) in [6.45, 7) is 5.27. The quantitative estimate of drug-likeness (QED) is 0.292. The molecule has 0 amide bonds. The standard InChI is InChI=1S/C22H35FN2O5S/c1-3-29-22(26)15-24-12-6-4-5-7-13-31(27,28)25-17(2)19-10-11-20(23)21(14-19)30-16-18-8-9-18/h10-11,14,17-18,24-25H,3-9,12-13,15-16H2,1-2H3/t17-/m1/s1. The maximum Gasteiger partial charge on any atom is 0.319 e.